The Bertz CT molecular complexity index is 3200. The summed E-state index contributed by atoms with van der Waals surface area (Å²) in [5.74, 6) is -0.406. The lowest BCUT2D eigenvalue weighted by Crippen LogP contribution is -2.29. The maximum Gasteiger partial charge on any atom is 0.416 e. The number of carbonyl (C=O) groups excluding carboxylic acids is 2. The molecule has 10 rings (SSSR count). The highest BCUT2D eigenvalue weighted by molar-refractivity contribution is 7.89. The summed E-state index contributed by atoms with van der Waals surface area (Å²) in [6, 6.07) is 30.1. The number of hydrogen-bond donors (Lipinski definition) is 5. The average Bonchev–Trinajstić information content (AvgIpc) is 4.11. The summed E-state index contributed by atoms with van der Waals surface area (Å²) < 4.78 is 70.2. The van der Waals surface area contributed by atoms with Gasteiger partial charge in [-0.3, -0.25) is 29.7 Å². The summed E-state index contributed by atoms with van der Waals surface area (Å²) >= 11 is 0. The average molecular weight is 1020 g/mol. The number of imidazole rings is 2. The number of aromatic nitrogens is 4. The highest BCUT2D eigenvalue weighted by atomic mass is 32.2. The van der Waals surface area contributed by atoms with Crippen LogP contribution in [0.25, 0.3) is 27.8 Å². The molecule has 5 N–H and O–H groups in total. The van der Waals surface area contributed by atoms with Crippen LogP contribution in [0, 0.1) is 0 Å². The molecule has 2 amide bonds. The van der Waals surface area contributed by atoms with Crippen molar-refractivity contribution in [2.75, 3.05) is 55.4 Å². The van der Waals surface area contributed by atoms with E-state index in [1.165, 1.54) is 62.6 Å². The van der Waals surface area contributed by atoms with Gasteiger partial charge in [-0.15, -0.1) is 0 Å². The fraction of sp³-hybridized carbons (Fsp3) is 0.370. The zero-order valence-corrected chi connectivity index (χ0v) is 41.4. The SMILES string of the molecule is CNS(=O)(=O)c1cccc(C(=O)Nc2nc3cc(CN4CCCCC4)ccc3n2C2CCCCC2)c1.O=C(Nc1nc2ccc(N3CC[C@H](O)C3)cc2n1-c1ccc(CCO)cc1)c1cccc(C(F)(F)F)c1. The van der Waals surface area contributed by atoms with Gasteiger partial charge >= 0.3 is 6.18 Å². The number of carbonyl (C=O) groups is 2. The quantitative estimate of drug-likeness (QED) is 0.0746. The van der Waals surface area contributed by atoms with E-state index in [9.17, 15) is 41.4 Å². The van der Waals surface area contributed by atoms with Crippen LogP contribution in [0.5, 0.6) is 0 Å². The number of fused-ring (bicyclic) bond motifs is 2. The van der Waals surface area contributed by atoms with E-state index in [0.717, 1.165) is 79.7 Å². The van der Waals surface area contributed by atoms with Crippen molar-refractivity contribution in [1.29, 1.82) is 0 Å². The molecule has 4 heterocycles. The van der Waals surface area contributed by atoms with Crippen molar-refractivity contribution in [3.63, 3.8) is 0 Å². The van der Waals surface area contributed by atoms with Crippen LogP contribution in [0.2, 0.25) is 0 Å². The first-order valence-electron chi connectivity index (χ1n) is 24.9. The van der Waals surface area contributed by atoms with Crippen LogP contribution in [0.4, 0.5) is 30.8 Å². The molecule has 2 aromatic heterocycles. The molecule has 7 aromatic rings. The number of nitrogens with zero attached hydrogens (tertiary/aromatic N) is 6. The molecule has 5 aromatic carbocycles. The summed E-state index contributed by atoms with van der Waals surface area (Å²) in [5, 5.41) is 24.9. The van der Waals surface area contributed by atoms with Gasteiger partial charge in [0.1, 0.15) is 0 Å². The zero-order valence-electron chi connectivity index (χ0n) is 40.6. The Hall–Kier alpha value is -6.64. The molecule has 1 saturated carbocycles. The molecule has 2 saturated heterocycles. The Morgan fingerprint density at radius 1 is 0.699 bits per heavy atom. The van der Waals surface area contributed by atoms with Gasteiger partial charge in [0.15, 0.2) is 0 Å². The van der Waals surface area contributed by atoms with Crippen molar-refractivity contribution in [2.24, 2.45) is 0 Å². The van der Waals surface area contributed by atoms with Gasteiger partial charge in [-0.2, -0.15) is 13.2 Å². The number of likely N-dealkylation sites (tertiary alicyclic amines) is 1. The Balaban J connectivity index is 0.000000180. The third-order valence-corrected chi connectivity index (χ3v) is 15.3. The Morgan fingerprint density at radius 2 is 1.36 bits per heavy atom. The topological polar surface area (TPSA) is 187 Å². The molecule has 15 nitrogen and oxygen atoms in total. The number of nitrogens with one attached hydrogen (secondary N) is 3. The first-order chi connectivity index (χ1) is 35.2. The predicted molar refractivity (Wildman–Crippen MR) is 276 cm³/mol. The lowest BCUT2D eigenvalue weighted by molar-refractivity contribution is -0.137. The van der Waals surface area contributed by atoms with Crippen LogP contribution in [0.15, 0.2) is 114 Å². The first kappa shape index (κ1) is 51.3. The Kier molecular flexibility index (Phi) is 15.6. The second-order valence-corrected chi connectivity index (χ2v) is 20.8. The molecule has 0 unspecified atom stereocenters. The Morgan fingerprint density at radius 3 is 2.04 bits per heavy atom. The molecule has 384 valence electrons. The van der Waals surface area contributed by atoms with E-state index in [-0.39, 0.29) is 40.5 Å². The largest absolute Gasteiger partial charge is 0.416 e. The molecular weight excluding hydrogens is 960 g/mol. The van der Waals surface area contributed by atoms with Gasteiger partial charge in [0, 0.05) is 54.8 Å². The third-order valence-electron chi connectivity index (χ3n) is 13.9. The molecule has 3 aliphatic rings. The van der Waals surface area contributed by atoms with E-state index in [0.29, 0.717) is 48.6 Å². The number of alkyl halides is 3. The highest BCUT2D eigenvalue weighted by Gasteiger charge is 2.31. The maximum atomic E-state index is 13.2. The summed E-state index contributed by atoms with van der Waals surface area (Å²) in [4.78, 5) is 40.3. The molecule has 19 heteroatoms. The lowest BCUT2D eigenvalue weighted by atomic mass is 9.95. The van der Waals surface area contributed by atoms with Crippen molar-refractivity contribution in [3.05, 3.63) is 137 Å². The van der Waals surface area contributed by atoms with Gasteiger partial charge in [-0.05, 0) is 149 Å². The molecule has 0 spiro atoms. The first-order valence-corrected chi connectivity index (χ1v) is 26.4. The lowest BCUT2D eigenvalue weighted by Gasteiger charge is -2.26. The summed E-state index contributed by atoms with van der Waals surface area (Å²) in [7, 11) is -2.29. The number of amides is 2. The number of anilines is 3. The van der Waals surface area contributed by atoms with E-state index >= 15 is 0 Å². The maximum absolute atomic E-state index is 13.2. The van der Waals surface area contributed by atoms with Gasteiger partial charge in [0.05, 0.1) is 38.6 Å². The molecule has 2 aliphatic heterocycles. The van der Waals surface area contributed by atoms with Crippen molar-refractivity contribution in [1.82, 2.24) is 28.7 Å². The Labute approximate surface area is 422 Å². The minimum Gasteiger partial charge on any atom is -0.396 e. The van der Waals surface area contributed by atoms with Crippen LogP contribution in [0.3, 0.4) is 0 Å². The molecule has 0 radical (unpaired) electrons. The monoisotopic (exact) mass is 1020 g/mol. The summed E-state index contributed by atoms with van der Waals surface area (Å²) in [6.07, 6.45) is 5.68. The van der Waals surface area contributed by atoms with E-state index in [4.69, 9.17) is 4.98 Å². The molecule has 1 aliphatic carbocycles. The van der Waals surface area contributed by atoms with Crippen LogP contribution in [-0.2, 0) is 29.2 Å². The number of aliphatic hydroxyl groups excluding tert-OH is 2. The van der Waals surface area contributed by atoms with Crippen LogP contribution >= 0.6 is 0 Å². The van der Waals surface area contributed by atoms with Crippen LogP contribution in [0.1, 0.15) is 101 Å². The molecule has 1 atom stereocenters. The minimum atomic E-state index is -4.57. The van der Waals surface area contributed by atoms with Gasteiger partial charge in [-0.25, -0.2) is 23.1 Å². The minimum absolute atomic E-state index is 0.0106. The van der Waals surface area contributed by atoms with Crippen LogP contribution in [-0.4, -0.2) is 100 Å². The number of benzene rings is 5. The number of β-amino-alcohol motifs (C(OH)–C–C–N with tert-alkyl or cyclic N) is 1. The van der Waals surface area contributed by atoms with Crippen molar-refractivity contribution in [3.8, 4) is 5.69 Å². The standard InChI is InChI=1S/C27H25F3N4O3.C27H35N5O3S/c28-27(29,30)19-3-1-2-18(14-19)25(37)32-26-31-23-9-8-21(33-12-10-22(36)16-33)15-24(23)34(26)20-6-4-17(5-7-20)11-13-35;1-28-36(34,35)23-12-8-9-21(18-23)26(33)30-27-29-24-17-20(19-31-15-6-3-7-16-31)13-14-25(24)32(27)22-10-4-2-5-11-22/h1-9,14-15,22,35-36H,10-13,16H2,(H,31,32,37);8-9,12-14,17-18,22,28H,2-7,10-11,15-16,19H2,1H3,(H,29,30,33)/t22-;/m0./s1. The fourth-order valence-electron chi connectivity index (χ4n) is 10.0. The normalized spacial score (nSPS) is 16.9. The number of rotatable bonds is 13. The van der Waals surface area contributed by atoms with E-state index in [1.807, 2.05) is 42.5 Å². The fourth-order valence-corrected chi connectivity index (χ4v) is 10.8. The van der Waals surface area contributed by atoms with Gasteiger partial charge in [0.2, 0.25) is 21.9 Å². The second-order valence-electron chi connectivity index (χ2n) is 19.0. The van der Waals surface area contributed by atoms with E-state index in [1.54, 1.807) is 16.7 Å². The van der Waals surface area contributed by atoms with Gasteiger partial charge in [-0.1, -0.05) is 56.0 Å². The molecule has 3 fully saturated rings. The molecule has 73 heavy (non-hydrogen) atoms. The van der Waals surface area contributed by atoms with Crippen LogP contribution < -0.4 is 20.3 Å². The second kappa shape index (κ2) is 22.2. The van der Waals surface area contributed by atoms with Gasteiger partial charge < -0.3 is 19.7 Å². The van der Waals surface area contributed by atoms with E-state index in [2.05, 4.69) is 52.9 Å². The van der Waals surface area contributed by atoms with Crippen molar-refractivity contribution in [2.45, 2.75) is 94.0 Å². The summed E-state index contributed by atoms with van der Waals surface area (Å²) in [5.41, 5.74) is 6.15. The number of sulfonamides is 1. The smallest absolute Gasteiger partial charge is 0.396 e. The highest BCUT2D eigenvalue weighted by Crippen LogP contribution is 2.36. The number of aliphatic hydroxyl groups is 2. The van der Waals surface area contributed by atoms with E-state index < -0.39 is 33.8 Å². The molecule has 0 bridgehead atoms. The predicted octanol–water partition coefficient (Wildman–Crippen LogP) is 9.09. The van der Waals surface area contributed by atoms with Crippen molar-refractivity contribution < 1.29 is 41.4 Å². The third kappa shape index (κ3) is 11.9. The number of piperidine rings is 1. The summed E-state index contributed by atoms with van der Waals surface area (Å²) in [6.45, 7) is 4.41. The number of hydrogen-bond acceptors (Lipinski definition) is 10. The zero-order chi connectivity index (χ0) is 51.3. The van der Waals surface area contributed by atoms with Gasteiger partial charge in [0.25, 0.3) is 11.8 Å². The van der Waals surface area contributed by atoms with Crippen molar-refractivity contribution >= 4 is 61.5 Å². The molecular formula is C54H60F3N9O6S. The number of halogens is 3.